The Morgan fingerprint density at radius 3 is 2.57 bits per heavy atom. The molecule has 0 unspecified atom stereocenters. The number of carbonyl (C=O) groups excluding carboxylic acids is 1. The van der Waals surface area contributed by atoms with E-state index < -0.39 is 11.2 Å². The van der Waals surface area contributed by atoms with Crippen molar-refractivity contribution in [1.29, 1.82) is 0 Å². The highest BCUT2D eigenvalue weighted by Crippen LogP contribution is 2.07. The highest BCUT2D eigenvalue weighted by atomic mass is 79.9. The molecule has 0 amide bonds. The number of rotatable bonds is 3. The number of carbonyl (C=O) groups is 1. The van der Waals surface area contributed by atoms with E-state index in [2.05, 4.69) is 20.9 Å². The van der Waals surface area contributed by atoms with Crippen LogP contribution in [0.3, 0.4) is 0 Å². The molecule has 0 spiro atoms. The second-order valence-electron chi connectivity index (χ2n) is 2.77. The number of hydrogen-bond donors (Lipinski definition) is 2. The Hall–Kier alpha value is -1.17. The minimum atomic E-state index is -0.600. The van der Waals surface area contributed by atoms with Crippen LogP contribution in [0.5, 0.6) is 0 Å². The molecule has 0 aliphatic rings. The molecule has 1 aromatic rings. The van der Waals surface area contributed by atoms with Crippen LogP contribution in [0, 0.1) is 0 Å². The molecule has 0 aromatic carbocycles. The van der Waals surface area contributed by atoms with E-state index in [4.69, 9.17) is 0 Å². The number of Topliss-reactive ketones (excluding diaryl/α,β-unsaturated/α-hetero) is 1. The summed E-state index contributed by atoms with van der Waals surface area (Å²) in [6, 6.07) is 0. The maximum Gasteiger partial charge on any atom is 0.325 e. The average molecular weight is 261 g/mol. The van der Waals surface area contributed by atoms with Crippen molar-refractivity contribution in [1.82, 2.24) is 9.97 Å². The van der Waals surface area contributed by atoms with Crippen LogP contribution in [0.1, 0.15) is 19.0 Å². The van der Waals surface area contributed by atoms with Gasteiger partial charge < -0.3 is 4.98 Å². The first-order valence-electron chi connectivity index (χ1n) is 4.07. The van der Waals surface area contributed by atoms with Crippen LogP contribution in [0.15, 0.2) is 14.1 Å². The fourth-order valence-electron chi connectivity index (χ4n) is 0.962. The summed E-state index contributed by atoms with van der Waals surface area (Å²) in [4.78, 5) is 37.5. The van der Waals surface area contributed by atoms with Crippen LogP contribution in [-0.4, -0.2) is 15.8 Å². The summed E-state index contributed by atoms with van der Waals surface area (Å²) in [7, 11) is 0. The molecule has 6 heteroatoms. The molecule has 14 heavy (non-hydrogen) atoms. The van der Waals surface area contributed by atoms with Crippen molar-refractivity contribution in [2.75, 3.05) is 0 Å². The molecule has 2 N–H and O–H groups in total. The van der Waals surface area contributed by atoms with Crippen molar-refractivity contribution in [3.8, 4) is 0 Å². The van der Waals surface area contributed by atoms with Crippen LogP contribution in [0.4, 0.5) is 0 Å². The number of aromatic nitrogens is 2. The van der Waals surface area contributed by atoms with Gasteiger partial charge in [0.2, 0.25) is 0 Å². The first-order valence-corrected chi connectivity index (χ1v) is 4.86. The molecule has 76 valence electrons. The van der Waals surface area contributed by atoms with E-state index in [-0.39, 0.29) is 16.7 Å². The van der Waals surface area contributed by atoms with Crippen molar-refractivity contribution in [2.45, 2.75) is 19.8 Å². The Labute approximate surface area is 87.7 Å². The monoisotopic (exact) mass is 260 g/mol. The zero-order valence-corrected chi connectivity index (χ0v) is 9.10. The summed E-state index contributed by atoms with van der Waals surface area (Å²) in [5, 5.41) is 0. The van der Waals surface area contributed by atoms with E-state index in [1.54, 1.807) is 6.92 Å². The molecule has 5 nitrogen and oxygen atoms in total. The van der Waals surface area contributed by atoms with Gasteiger partial charge >= 0.3 is 5.69 Å². The van der Waals surface area contributed by atoms with Crippen molar-refractivity contribution in [3.63, 3.8) is 0 Å². The molecule has 0 radical (unpaired) electrons. The smallest absolute Gasteiger partial charge is 0.310 e. The molecular weight excluding hydrogens is 252 g/mol. The van der Waals surface area contributed by atoms with E-state index >= 15 is 0 Å². The van der Waals surface area contributed by atoms with Crippen LogP contribution in [0.25, 0.3) is 0 Å². The molecule has 0 aliphatic carbocycles. The summed E-state index contributed by atoms with van der Waals surface area (Å²) in [5.41, 5.74) is -0.796. The quantitative estimate of drug-likeness (QED) is 0.823. The van der Waals surface area contributed by atoms with Crippen molar-refractivity contribution < 1.29 is 4.79 Å². The van der Waals surface area contributed by atoms with Crippen molar-refractivity contribution in [3.05, 3.63) is 31.0 Å². The van der Waals surface area contributed by atoms with E-state index in [1.165, 1.54) is 0 Å². The maximum absolute atomic E-state index is 11.1. The summed E-state index contributed by atoms with van der Waals surface area (Å²) >= 11 is 3.01. The van der Waals surface area contributed by atoms with Crippen molar-refractivity contribution in [2.24, 2.45) is 0 Å². The molecule has 0 bridgehead atoms. The lowest BCUT2D eigenvalue weighted by Gasteiger charge is -2.00. The van der Waals surface area contributed by atoms with Gasteiger partial charge in [-0.3, -0.25) is 14.6 Å². The third kappa shape index (κ3) is 2.41. The zero-order valence-electron chi connectivity index (χ0n) is 7.52. The summed E-state index contributed by atoms with van der Waals surface area (Å²) in [6.45, 7) is 1.72. The van der Waals surface area contributed by atoms with E-state index in [0.29, 0.717) is 12.1 Å². The average Bonchev–Trinajstić information content (AvgIpc) is 2.13. The second-order valence-corrected chi connectivity index (χ2v) is 3.56. The maximum atomic E-state index is 11.1. The number of H-pyrrole nitrogens is 2. The molecular formula is C8H9BrN2O3. The summed E-state index contributed by atoms with van der Waals surface area (Å²) in [6.07, 6.45) is 0.442. The first-order chi connectivity index (χ1) is 6.54. The van der Waals surface area contributed by atoms with Crippen molar-refractivity contribution >= 4 is 21.7 Å². The Morgan fingerprint density at radius 1 is 1.36 bits per heavy atom. The van der Waals surface area contributed by atoms with Gasteiger partial charge in [-0.15, -0.1) is 0 Å². The van der Waals surface area contributed by atoms with Gasteiger partial charge in [0.15, 0.2) is 0 Å². The predicted molar refractivity (Wildman–Crippen MR) is 54.4 cm³/mol. The summed E-state index contributed by atoms with van der Waals surface area (Å²) < 4.78 is 0.207. The van der Waals surface area contributed by atoms with Gasteiger partial charge in [-0.05, 0) is 15.9 Å². The van der Waals surface area contributed by atoms with Gasteiger partial charge in [-0.2, -0.15) is 0 Å². The van der Waals surface area contributed by atoms with E-state index in [1.807, 2.05) is 4.98 Å². The predicted octanol–water partition coefficient (Wildman–Crippen LogP) is 0.347. The molecule has 0 fully saturated rings. The molecule has 1 rings (SSSR count). The van der Waals surface area contributed by atoms with Crippen LogP contribution in [-0.2, 0) is 11.2 Å². The number of hydrogen-bond acceptors (Lipinski definition) is 3. The molecule has 1 aromatic heterocycles. The van der Waals surface area contributed by atoms with Crippen LogP contribution >= 0.6 is 15.9 Å². The number of halogens is 1. The van der Waals surface area contributed by atoms with Crippen LogP contribution < -0.4 is 11.2 Å². The highest BCUT2D eigenvalue weighted by molar-refractivity contribution is 9.10. The highest BCUT2D eigenvalue weighted by Gasteiger charge is 2.09. The largest absolute Gasteiger partial charge is 0.325 e. The fourth-order valence-corrected chi connectivity index (χ4v) is 1.30. The lowest BCUT2D eigenvalue weighted by atomic mass is 10.2. The summed E-state index contributed by atoms with van der Waals surface area (Å²) in [5.74, 6) is -0.0352. The Kier molecular flexibility index (Phi) is 3.40. The van der Waals surface area contributed by atoms with E-state index in [0.717, 1.165) is 0 Å². The minimum Gasteiger partial charge on any atom is -0.310 e. The van der Waals surface area contributed by atoms with E-state index in [9.17, 15) is 14.4 Å². The standard InChI is InChI=1S/C8H9BrN2O3/c1-2-4(12)3-5-6(9)7(13)11-8(14)10-5/h2-3H2,1H3,(H2,10,11,13,14). The molecule has 0 saturated carbocycles. The minimum absolute atomic E-state index is 0.0352. The third-order valence-electron chi connectivity index (χ3n) is 1.72. The molecule has 0 aliphatic heterocycles. The second kappa shape index (κ2) is 4.36. The van der Waals surface area contributed by atoms with Gasteiger partial charge in [0.25, 0.3) is 5.56 Å². The lowest BCUT2D eigenvalue weighted by molar-refractivity contribution is -0.118. The Morgan fingerprint density at radius 2 is 2.00 bits per heavy atom. The number of ketones is 1. The molecule has 0 saturated heterocycles. The lowest BCUT2D eigenvalue weighted by Crippen LogP contribution is -2.25. The Bertz CT molecular complexity index is 460. The zero-order chi connectivity index (χ0) is 10.7. The Balaban J connectivity index is 3.15. The van der Waals surface area contributed by atoms with Gasteiger partial charge in [0.05, 0.1) is 0 Å². The SMILES string of the molecule is CCC(=O)Cc1[nH]c(=O)[nH]c(=O)c1Br. The first kappa shape index (κ1) is 10.9. The number of aromatic amines is 2. The van der Waals surface area contributed by atoms with Gasteiger partial charge in [0.1, 0.15) is 10.3 Å². The van der Waals surface area contributed by atoms with Gasteiger partial charge in [-0.25, -0.2) is 4.79 Å². The molecule has 1 heterocycles. The van der Waals surface area contributed by atoms with Crippen LogP contribution in [0.2, 0.25) is 0 Å². The normalized spacial score (nSPS) is 10.1. The van der Waals surface area contributed by atoms with Gasteiger partial charge in [-0.1, -0.05) is 6.92 Å². The molecule has 0 atom stereocenters. The fraction of sp³-hybridized carbons (Fsp3) is 0.375. The third-order valence-corrected chi connectivity index (χ3v) is 2.56. The number of nitrogens with one attached hydrogen (secondary N) is 2. The van der Waals surface area contributed by atoms with Gasteiger partial charge in [0, 0.05) is 18.5 Å². The topological polar surface area (TPSA) is 82.8 Å².